The first-order chi connectivity index (χ1) is 8.91. The fraction of sp³-hybridized carbons (Fsp3) is 0.267. The number of aromatic amines is 1. The molecule has 0 saturated heterocycles. The number of hydrogen-bond acceptors (Lipinski definition) is 3. The molecule has 0 atom stereocenters. The largest absolute Gasteiger partial charge is 0.305 e. The Bertz CT molecular complexity index is 685. The molecule has 96 valence electrons. The third-order valence-electron chi connectivity index (χ3n) is 2.94. The van der Waals surface area contributed by atoms with Crippen molar-refractivity contribution in [2.24, 2.45) is 0 Å². The molecule has 1 aromatic carbocycles. The molecule has 0 unspecified atom stereocenters. The van der Waals surface area contributed by atoms with E-state index >= 15 is 0 Å². The summed E-state index contributed by atoms with van der Waals surface area (Å²) < 4.78 is 0. The van der Waals surface area contributed by atoms with Crippen LogP contribution in [0, 0.1) is 11.3 Å². The molecule has 0 amide bonds. The number of hydrogen-bond donors (Lipinski definition) is 1. The van der Waals surface area contributed by atoms with E-state index in [0.29, 0.717) is 5.82 Å². The minimum atomic E-state index is -0.410. The molecule has 0 fully saturated rings. The van der Waals surface area contributed by atoms with Crippen molar-refractivity contribution in [2.75, 3.05) is 0 Å². The zero-order valence-electron chi connectivity index (χ0n) is 11.2. The van der Waals surface area contributed by atoms with Crippen molar-refractivity contribution in [3.8, 4) is 17.5 Å². The summed E-state index contributed by atoms with van der Waals surface area (Å²) in [5, 5.41) is 8.70. The van der Waals surface area contributed by atoms with Gasteiger partial charge in [0.2, 0.25) is 0 Å². The summed E-state index contributed by atoms with van der Waals surface area (Å²) in [4.78, 5) is 18.3. The number of nitrogens with zero attached hydrogens (tertiary/aromatic N) is 2. The van der Waals surface area contributed by atoms with Crippen LogP contribution in [-0.4, -0.2) is 9.97 Å². The van der Waals surface area contributed by atoms with Gasteiger partial charge < -0.3 is 4.98 Å². The Labute approximate surface area is 111 Å². The number of aromatic nitrogens is 2. The van der Waals surface area contributed by atoms with E-state index in [9.17, 15) is 4.79 Å². The van der Waals surface area contributed by atoms with E-state index in [2.05, 4.69) is 30.7 Å². The van der Waals surface area contributed by atoms with E-state index in [1.165, 1.54) is 11.8 Å². The van der Waals surface area contributed by atoms with Gasteiger partial charge in [0.1, 0.15) is 17.5 Å². The van der Waals surface area contributed by atoms with Gasteiger partial charge in [0.25, 0.3) is 5.56 Å². The summed E-state index contributed by atoms with van der Waals surface area (Å²) in [5.41, 5.74) is 1.74. The smallest absolute Gasteiger partial charge is 0.269 e. The second-order valence-electron chi connectivity index (χ2n) is 5.41. The zero-order chi connectivity index (χ0) is 14.0. The highest BCUT2D eigenvalue weighted by atomic mass is 16.1. The van der Waals surface area contributed by atoms with Gasteiger partial charge in [-0.3, -0.25) is 4.79 Å². The molecule has 4 nitrogen and oxygen atoms in total. The first-order valence-corrected chi connectivity index (χ1v) is 6.02. The summed E-state index contributed by atoms with van der Waals surface area (Å²) in [6.07, 6.45) is 1.30. The molecular weight excluding hydrogens is 238 g/mol. The lowest BCUT2D eigenvalue weighted by Crippen LogP contribution is -2.13. The zero-order valence-corrected chi connectivity index (χ0v) is 11.2. The molecule has 0 spiro atoms. The van der Waals surface area contributed by atoms with Crippen LogP contribution in [0.25, 0.3) is 11.4 Å². The molecule has 0 aliphatic heterocycles. The topological polar surface area (TPSA) is 69.5 Å². The van der Waals surface area contributed by atoms with Crippen LogP contribution in [0.3, 0.4) is 0 Å². The van der Waals surface area contributed by atoms with Crippen LogP contribution in [0.1, 0.15) is 31.9 Å². The van der Waals surface area contributed by atoms with Gasteiger partial charge in [-0.2, -0.15) is 5.26 Å². The van der Waals surface area contributed by atoms with Crippen LogP contribution in [0.2, 0.25) is 0 Å². The summed E-state index contributed by atoms with van der Waals surface area (Å²) in [7, 11) is 0. The summed E-state index contributed by atoms with van der Waals surface area (Å²) in [6, 6.07) is 9.68. The van der Waals surface area contributed by atoms with Gasteiger partial charge in [-0.1, -0.05) is 45.0 Å². The number of nitriles is 1. The molecule has 2 rings (SSSR count). The standard InChI is InChI=1S/C15H15N3O/c1-15(2,3)12-6-4-10(5-7-12)13-17-9-11(8-16)14(19)18-13/h4-7,9H,1-3H3,(H,17,18,19). The first kappa shape index (κ1) is 13.0. The van der Waals surface area contributed by atoms with Crippen LogP contribution in [-0.2, 0) is 5.41 Å². The highest BCUT2D eigenvalue weighted by Gasteiger charge is 2.13. The molecule has 19 heavy (non-hydrogen) atoms. The highest BCUT2D eigenvalue weighted by molar-refractivity contribution is 5.55. The maximum atomic E-state index is 11.6. The number of H-pyrrole nitrogens is 1. The summed E-state index contributed by atoms with van der Waals surface area (Å²) in [6.45, 7) is 6.43. The fourth-order valence-electron chi connectivity index (χ4n) is 1.75. The van der Waals surface area contributed by atoms with E-state index in [0.717, 1.165) is 5.56 Å². The van der Waals surface area contributed by atoms with Gasteiger partial charge in [-0.05, 0) is 11.0 Å². The maximum Gasteiger partial charge on any atom is 0.269 e. The van der Waals surface area contributed by atoms with Crippen molar-refractivity contribution in [2.45, 2.75) is 26.2 Å². The molecule has 0 aliphatic rings. The normalized spacial score (nSPS) is 11.1. The van der Waals surface area contributed by atoms with Gasteiger partial charge in [0, 0.05) is 5.56 Å². The third-order valence-corrected chi connectivity index (χ3v) is 2.94. The van der Waals surface area contributed by atoms with Gasteiger partial charge in [-0.15, -0.1) is 0 Å². The van der Waals surface area contributed by atoms with E-state index < -0.39 is 5.56 Å². The Balaban J connectivity index is 2.41. The molecule has 0 radical (unpaired) electrons. The summed E-state index contributed by atoms with van der Waals surface area (Å²) >= 11 is 0. The molecule has 1 N–H and O–H groups in total. The van der Waals surface area contributed by atoms with Crippen LogP contribution in [0.15, 0.2) is 35.3 Å². The van der Waals surface area contributed by atoms with Crippen LogP contribution < -0.4 is 5.56 Å². The third kappa shape index (κ3) is 2.71. The second kappa shape index (κ2) is 4.69. The van der Waals surface area contributed by atoms with Crippen molar-refractivity contribution in [1.29, 1.82) is 5.26 Å². The lowest BCUT2D eigenvalue weighted by molar-refractivity contribution is 0.590. The molecule has 2 aromatic rings. The molecule has 0 saturated carbocycles. The van der Waals surface area contributed by atoms with Crippen molar-refractivity contribution in [1.82, 2.24) is 9.97 Å². The van der Waals surface area contributed by atoms with Crippen molar-refractivity contribution >= 4 is 0 Å². The Morgan fingerprint density at radius 2 is 1.84 bits per heavy atom. The maximum absolute atomic E-state index is 11.6. The van der Waals surface area contributed by atoms with Crippen molar-refractivity contribution in [3.63, 3.8) is 0 Å². The SMILES string of the molecule is CC(C)(C)c1ccc(-c2ncc(C#N)c(=O)[nH]2)cc1. The molecular formula is C15H15N3O. The lowest BCUT2D eigenvalue weighted by atomic mass is 9.87. The average Bonchev–Trinajstić information content (AvgIpc) is 2.38. The van der Waals surface area contributed by atoms with E-state index in [1.807, 2.05) is 24.3 Å². The molecule has 0 aliphatic carbocycles. The Morgan fingerprint density at radius 1 is 1.21 bits per heavy atom. The van der Waals surface area contributed by atoms with Crippen molar-refractivity contribution in [3.05, 3.63) is 51.9 Å². The highest BCUT2D eigenvalue weighted by Crippen LogP contribution is 2.24. The molecule has 4 heteroatoms. The van der Waals surface area contributed by atoms with Crippen LogP contribution in [0.5, 0.6) is 0 Å². The number of rotatable bonds is 1. The Kier molecular flexibility index (Phi) is 3.22. The molecule has 0 bridgehead atoms. The Hall–Kier alpha value is -2.41. The van der Waals surface area contributed by atoms with Crippen LogP contribution in [0.4, 0.5) is 0 Å². The molecule has 1 heterocycles. The minimum absolute atomic E-state index is 0.0232. The average molecular weight is 253 g/mol. The fourth-order valence-corrected chi connectivity index (χ4v) is 1.75. The quantitative estimate of drug-likeness (QED) is 0.849. The van der Waals surface area contributed by atoms with Gasteiger partial charge in [0.15, 0.2) is 0 Å². The number of nitrogens with one attached hydrogen (secondary N) is 1. The predicted octanol–water partition coefficient (Wildman–Crippen LogP) is 2.61. The van der Waals surface area contributed by atoms with E-state index in [-0.39, 0.29) is 11.0 Å². The van der Waals surface area contributed by atoms with E-state index in [4.69, 9.17) is 5.26 Å². The summed E-state index contributed by atoms with van der Waals surface area (Å²) in [5.74, 6) is 0.476. The minimum Gasteiger partial charge on any atom is -0.305 e. The van der Waals surface area contributed by atoms with Gasteiger partial charge in [-0.25, -0.2) is 4.98 Å². The predicted molar refractivity (Wildman–Crippen MR) is 73.7 cm³/mol. The lowest BCUT2D eigenvalue weighted by Gasteiger charge is -2.19. The van der Waals surface area contributed by atoms with Gasteiger partial charge >= 0.3 is 0 Å². The van der Waals surface area contributed by atoms with Gasteiger partial charge in [0.05, 0.1) is 6.20 Å². The Morgan fingerprint density at radius 3 is 2.32 bits per heavy atom. The van der Waals surface area contributed by atoms with E-state index in [1.54, 1.807) is 6.07 Å². The number of benzene rings is 1. The van der Waals surface area contributed by atoms with Crippen LogP contribution >= 0.6 is 0 Å². The molecule has 1 aromatic heterocycles. The first-order valence-electron chi connectivity index (χ1n) is 6.02. The monoisotopic (exact) mass is 253 g/mol. The van der Waals surface area contributed by atoms with Crippen molar-refractivity contribution < 1.29 is 0 Å². The second-order valence-corrected chi connectivity index (χ2v) is 5.41.